The number of fused-ring (bicyclic) bond motifs is 3. The molecule has 0 atom stereocenters. The maximum Gasteiger partial charge on any atom is 0.216 e. The molecule has 1 radical (unpaired) electrons. The van der Waals surface area contributed by atoms with Gasteiger partial charge in [-0.2, -0.15) is 0 Å². The molecule has 4 heterocycles. The van der Waals surface area contributed by atoms with Crippen LogP contribution in [0.5, 0.6) is 0 Å². The summed E-state index contributed by atoms with van der Waals surface area (Å²) >= 11 is 0. The molecule has 5 heteroatoms. The Bertz CT molecular complexity index is 2100. The first-order chi connectivity index (χ1) is 22.1. The van der Waals surface area contributed by atoms with Crippen molar-refractivity contribution in [3.05, 3.63) is 150 Å². The van der Waals surface area contributed by atoms with Gasteiger partial charge >= 0.3 is 0 Å². The smallest absolute Gasteiger partial charge is 0.216 e. The molecule has 0 spiro atoms. The van der Waals surface area contributed by atoms with E-state index in [1.807, 2.05) is 79.9 Å². The number of pyridine rings is 3. The van der Waals surface area contributed by atoms with Crippen LogP contribution in [0.15, 0.2) is 120 Å². The molecule has 0 N–H and O–H groups in total. The van der Waals surface area contributed by atoms with Crippen molar-refractivity contribution >= 4 is 22.1 Å². The number of benzene rings is 3. The van der Waals surface area contributed by atoms with E-state index in [0.29, 0.717) is 27.8 Å². The zero-order chi connectivity index (χ0) is 32.3. The van der Waals surface area contributed by atoms with Crippen molar-refractivity contribution in [2.24, 2.45) is 0 Å². The molecule has 0 aliphatic carbocycles. The summed E-state index contributed by atoms with van der Waals surface area (Å²) in [5, 5.41) is 1.46. The van der Waals surface area contributed by atoms with E-state index < -0.39 is 13.2 Å². The Kier molecular flexibility index (Phi) is 7.43. The molecular weight excluding hydrogens is 695 g/mol. The van der Waals surface area contributed by atoms with E-state index in [1.54, 1.807) is 30.5 Å². The van der Waals surface area contributed by atoms with Crippen LogP contribution in [0.25, 0.3) is 44.6 Å². The van der Waals surface area contributed by atoms with Crippen LogP contribution in [0.4, 0.5) is 0 Å². The summed E-state index contributed by atoms with van der Waals surface area (Å²) in [7, 11) is 0. The van der Waals surface area contributed by atoms with Crippen LogP contribution >= 0.6 is 0 Å². The fourth-order valence-corrected chi connectivity index (χ4v) is 4.47. The summed E-state index contributed by atoms with van der Waals surface area (Å²) in [5.74, 6) is 0. The molecule has 0 aliphatic rings. The monoisotopic (exact) mass is 729 g/mol. The zero-order valence-corrected chi connectivity index (χ0v) is 25.2. The normalized spacial score (nSPS) is 13.0. The molecule has 4 aromatic heterocycles. The average Bonchev–Trinajstić information content (AvgIpc) is 3.44. The van der Waals surface area contributed by atoms with Gasteiger partial charge in [0.2, 0.25) is 5.71 Å². The van der Waals surface area contributed by atoms with Gasteiger partial charge in [-0.1, -0.05) is 65.0 Å². The maximum absolute atomic E-state index is 8.64. The molecule has 0 aliphatic heterocycles. The van der Waals surface area contributed by atoms with Gasteiger partial charge in [0.1, 0.15) is 0 Å². The molecule has 7 aromatic rings. The van der Waals surface area contributed by atoms with E-state index in [9.17, 15) is 0 Å². The first-order valence-corrected chi connectivity index (χ1v) is 13.2. The second kappa shape index (κ2) is 13.5. The Morgan fingerprint density at radius 2 is 1.69 bits per heavy atom. The third kappa shape index (κ3) is 6.71. The minimum absolute atomic E-state index is 0. The minimum atomic E-state index is -2.33. The van der Waals surface area contributed by atoms with Gasteiger partial charge in [0.25, 0.3) is 0 Å². The summed E-state index contributed by atoms with van der Waals surface area (Å²) < 4.78 is 46.0. The molecule has 42 heavy (non-hydrogen) atoms. The SMILES string of the molecule is Cc1ccc(-c2[c-]cccc2)nc1.[2H]C([2H])([2H])c1ccc2c(n1)oc1c(-c3cc(C([2H])([2H])Cc4ccccc4)ccn3)[c-]ccc12.[Ir]. The molecule has 0 amide bonds. The number of nitrogens with zero attached hydrogens (tertiary/aromatic N) is 3. The van der Waals surface area contributed by atoms with E-state index in [-0.39, 0.29) is 37.9 Å². The van der Waals surface area contributed by atoms with Gasteiger partial charge in [-0.3, -0.25) is 0 Å². The van der Waals surface area contributed by atoms with Gasteiger partial charge in [0.15, 0.2) is 0 Å². The molecule has 0 fully saturated rings. The summed E-state index contributed by atoms with van der Waals surface area (Å²) in [6.45, 7) is -0.298. The molecule has 0 unspecified atom stereocenters. The summed E-state index contributed by atoms with van der Waals surface area (Å²) in [6, 6.07) is 37.9. The number of aryl methyl sites for hydroxylation is 4. The van der Waals surface area contributed by atoms with E-state index in [1.165, 1.54) is 11.6 Å². The van der Waals surface area contributed by atoms with Gasteiger partial charge in [-0.05, 0) is 67.3 Å². The molecule has 3 aromatic carbocycles. The average molecular weight is 729 g/mol. The second-order valence-electron chi connectivity index (χ2n) is 9.51. The Hall–Kier alpha value is -4.44. The Balaban J connectivity index is 0.000000260. The standard InChI is InChI=1S/C25H19N2O.C12H10N.Ir/c1-17-10-13-21-20-8-5-9-22(24(20)28-25(21)27-17)23-16-19(14-15-26-23)12-11-18-6-3-2-4-7-18;1-10-7-8-12(13-9-10)11-5-3-2-4-6-11;/h2-8,10,13-16H,11-12H2,1H3;2-5,7-9H,1H3;/q2*-1;/i1D3,12D2;;. The van der Waals surface area contributed by atoms with Crippen LogP contribution in [0.1, 0.15) is 29.2 Å². The minimum Gasteiger partial charge on any atom is -0.486 e. The van der Waals surface area contributed by atoms with E-state index >= 15 is 0 Å². The van der Waals surface area contributed by atoms with Gasteiger partial charge in [-0.25, -0.2) is 4.98 Å². The van der Waals surface area contributed by atoms with Crippen molar-refractivity contribution in [2.45, 2.75) is 26.6 Å². The van der Waals surface area contributed by atoms with Crippen molar-refractivity contribution in [2.75, 3.05) is 0 Å². The fourth-order valence-electron chi connectivity index (χ4n) is 4.47. The molecule has 0 saturated carbocycles. The van der Waals surface area contributed by atoms with Crippen molar-refractivity contribution in [3.8, 4) is 22.5 Å². The van der Waals surface area contributed by atoms with Crippen LogP contribution < -0.4 is 0 Å². The Labute approximate surface area is 266 Å². The van der Waals surface area contributed by atoms with Crippen LogP contribution in [0.3, 0.4) is 0 Å². The molecule has 7 rings (SSSR count). The Morgan fingerprint density at radius 3 is 2.48 bits per heavy atom. The number of rotatable bonds is 5. The van der Waals surface area contributed by atoms with Crippen LogP contribution in [-0.4, -0.2) is 15.0 Å². The second-order valence-corrected chi connectivity index (χ2v) is 9.51. The van der Waals surface area contributed by atoms with E-state index in [4.69, 9.17) is 11.3 Å². The van der Waals surface area contributed by atoms with Crippen molar-refractivity contribution in [1.29, 1.82) is 0 Å². The first-order valence-electron chi connectivity index (χ1n) is 15.7. The fraction of sp³-hybridized carbons (Fsp3) is 0.108. The first kappa shape index (κ1) is 23.2. The molecular formula is C37H29IrN3O-2. The number of furan rings is 1. The third-order valence-electron chi connectivity index (χ3n) is 6.55. The van der Waals surface area contributed by atoms with Crippen LogP contribution in [0.2, 0.25) is 0 Å². The van der Waals surface area contributed by atoms with Gasteiger partial charge in [-0.15, -0.1) is 54.1 Å². The summed E-state index contributed by atoms with van der Waals surface area (Å²) in [4.78, 5) is 13.0. The maximum atomic E-state index is 8.64. The number of aromatic nitrogens is 3. The molecule has 209 valence electrons. The third-order valence-corrected chi connectivity index (χ3v) is 6.55. The van der Waals surface area contributed by atoms with Crippen molar-refractivity contribution in [3.63, 3.8) is 0 Å². The van der Waals surface area contributed by atoms with Gasteiger partial charge < -0.3 is 14.4 Å². The van der Waals surface area contributed by atoms with Gasteiger partial charge in [0, 0.05) is 50.4 Å². The van der Waals surface area contributed by atoms with E-state index in [0.717, 1.165) is 22.2 Å². The zero-order valence-electron chi connectivity index (χ0n) is 27.8. The topological polar surface area (TPSA) is 51.8 Å². The van der Waals surface area contributed by atoms with Crippen LogP contribution in [-0.2, 0) is 32.9 Å². The molecule has 0 saturated heterocycles. The summed E-state index contributed by atoms with van der Waals surface area (Å²) in [6.07, 6.45) is 2.08. The Morgan fingerprint density at radius 1 is 0.810 bits per heavy atom. The predicted molar refractivity (Wildman–Crippen MR) is 165 cm³/mol. The van der Waals surface area contributed by atoms with Gasteiger partial charge in [0.05, 0.1) is 5.58 Å². The summed E-state index contributed by atoms with van der Waals surface area (Å²) in [5.41, 5.74) is 6.38. The predicted octanol–water partition coefficient (Wildman–Crippen LogP) is 8.79. The quantitative estimate of drug-likeness (QED) is 0.166. The van der Waals surface area contributed by atoms with Crippen molar-refractivity contribution in [1.82, 2.24) is 15.0 Å². The van der Waals surface area contributed by atoms with Crippen molar-refractivity contribution < 1.29 is 31.4 Å². The largest absolute Gasteiger partial charge is 0.486 e. The number of hydrogen-bond acceptors (Lipinski definition) is 4. The number of hydrogen-bond donors (Lipinski definition) is 0. The molecule has 0 bridgehead atoms. The molecule has 4 nitrogen and oxygen atoms in total. The van der Waals surface area contributed by atoms with Crippen LogP contribution in [0, 0.1) is 25.9 Å². The van der Waals surface area contributed by atoms with E-state index in [2.05, 4.69) is 33.2 Å².